The lowest BCUT2D eigenvalue weighted by Crippen LogP contribution is -2.06. The normalized spacial score (nSPS) is 10.7. The minimum Gasteiger partial charge on any atom is -0.438 e. The Kier molecular flexibility index (Phi) is 4.63. The van der Waals surface area contributed by atoms with Crippen LogP contribution in [0.4, 0.5) is 0 Å². The van der Waals surface area contributed by atoms with Crippen molar-refractivity contribution in [3.05, 3.63) is 51.7 Å². The summed E-state index contributed by atoms with van der Waals surface area (Å²) in [6.45, 7) is 6.77. The van der Waals surface area contributed by atoms with Crippen LogP contribution in [0.5, 0.6) is 11.6 Å². The van der Waals surface area contributed by atoms with Gasteiger partial charge in [-0.3, -0.25) is 0 Å². The fourth-order valence-electron chi connectivity index (χ4n) is 2.18. The zero-order valence-electron chi connectivity index (χ0n) is 12.2. The van der Waals surface area contributed by atoms with Crippen LogP contribution in [-0.4, -0.2) is 12.0 Å². The molecule has 1 heterocycles. The number of aryl methyl sites for hydroxylation is 3. The van der Waals surface area contributed by atoms with Crippen LogP contribution in [-0.2, 0) is 6.54 Å². The second kappa shape index (κ2) is 6.25. The Balaban J connectivity index is 2.31. The van der Waals surface area contributed by atoms with Gasteiger partial charge in [0.1, 0.15) is 5.75 Å². The predicted octanol–water partition coefficient (Wildman–Crippen LogP) is 4.17. The van der Waals surface area contributed by atoms with Crippen molar-refractivity contribution in [2.75, 3.05) is 7.05 Å². The van der Waals surface area contributed by atoms with Crippen LogP contribution >= 0.6 is 11.6 Å². The van der Waals surface area contributed by atoms with Crippen molar-refractivity contribution in [1.29, 1.82) is 0 Å². The Labute approximate surface area is 124 Å². The molecule has 0 saturated carbocycles. The van der Waals surface area contributed by atoms with E-state index in [1.54, 1.807) is 0 Å². The summed E-state index contributed by atoms with van der Waals surface area (Å²) in [6, 6.07) is 5.88. The highest BCUT2D eigenvalue weighted by Crippen LogP contribution is 2.31. The van der Waals surface area contributed by atoms with Gasteiger partial charge in [0.2, 0.25) is 5.88 Å². The first-order valence-electron chi connectivity index (χ1n) is 6.56. The van der Waals surface area contributed by atoms with E-state index in [9.17, 15) is 0 Å². The molecule has 3 nitrogen and oxygen atoms in total. The number of aromatic nitrogens is 1. The van der Waals surface area contributed by atoms with Gasteiger partial charge in [-0.2, -0.15) is 0 Å². The van der Waals surface area contributed by atoms with Crippen molar-refractivity contribution in [1.82, 2.24) is 10.3 Å². The number of nitrogens with zero attached hydrogens (tertiary/aromatic N) is 1. The Bertz CT molecular complexity index is 603. The first kappa shape index (κ1) is 14.8. The third kappa shape index (κ3) is 3.30. The lowest BCUT2D eigenvalue weighted by Gasteiger charge is -2.13. The third-order valence-electron chi connectivity index (χ3n) is 3.09. The molecule has 1 N–H and O–H groups in total. The van der Waals surface area contributed by atoms with E-state index in [1.807, 2.05) is 46.1 Å². The Morgan fingerprint density at radius 2 is 1.75 bits per heavy atom. The molecule has 0 spiro atoms. The highest BCUT2D eigenvalue weighted by atomic mass is 35.5. The topological polar surface area (TPSA) is 34.2 Å². The molecule has 0 unspecified atom stereocenters. The van der Waals surface area contributed by atoms with Crippen LogP contribution in [0.3, 0.4) is 0 Å². The summed E-state index contributed by atoms with van der Waals surface area (Å²) in [6.07, 6.45) is 1.83. The molecule has 1 aromatic carbocycles. The van der Waals surface area contributed by atoms with Crippen molar-refractivity contribution in [2.45, 2.75) is 27.3 Å². The molecule has 0 atom stereocenters. The first-order valence-corrected chi connectivity index (χ1v) is 6.93. The van der Waals surface area contributed by atoms with Gasteiger partial charge < -0.3 is 10.1 Å². The second-order valence-electron chi connectivity index (χ2n) is 4.97. The van der Waals surface area contributed by atoms with Crippen LogP contribution in [0.15, 0.2) is 24.4 Å². The Morgan fingerprint density at radius 1 is 1.10 bits per heavy atom. The van der Waals surface area contributed by atoms with Gasteiger partial charge in [0.05, 0.1) is 0 Å². The van der Waals surface area contributed by atoms with Gasteiger partial charge in [-0.05, 0) is 62.7 Å². The highest BCUT2D eigenvalue weighted by molar-refractivity contribution is 6.30. The first-order chi connectivity index (χ1) is 9.51. The van der Waals surface area contributed by atoms with Crippen LogP contribution in [0.2, 0.25) is 5.02 Å². The van der Waals surface area contributed by atoms with Crippen molar-refractivity contribution in [3.8, 4) is 11.6 Å². The maximum atomic E-state index is 6.03. The molecular formula is C16H19ClN2O. The molecule has 2 aromatic rings. The van der Waals surface area contributed by atoms with Gasteiger partial charge in [0.15, 0.2) is 0 Å². The summed E-state index contributed by atoms with van der Waals surface area (Å²) in [5, 5.41) is 3.83. The number of rotatable bonds is 4. The minimum atomic E-state index is 0.637. The van der Waals surface area contributed by atoms with E-state index in [4.69, 9.17) is 16.3 Å². The summed E-state index contributed by atoms with van der Waals surface area (Å²) in [5.74, 6) is 1.46. The van der Waals surface area contributed by atoms with Crippen molar-refractivity contribution >= 4 is 11.6 Å². The molecule has 1 aromatic heterocycles. The highest BCUT2D eigenvalue weighted by Gasteiger charge is 2.10. The summed E-state index contributed by atoms with van der Waals surface area (Å²) in [4.78, 5) is 4.40. The van der Waals surface area contributed by atoms with Gasteiger partial charge in [0, 0.05) is 23.3 Å². The van der Waals surface area contributed by atoms with Gasteiger partial charge in [-0.25, -0.2) is 4.98 Å². The average molecular weight is 291 g/mol. The predicted molar refractivity (Wildman–Crippen MR) is 82.7 cm³/mol. The molecular weight excluding hydrogens is 272 g/mol. The minimum absolute atomic E-state index is 0.637. The largest absolute Gasteiger partial charge is 0.438 e. The molecule has 0 aliphatic rings. The summed E-state index contributed by atoms with van der Waals surface area (Å²) in [5.41, 5.74) is 4.18. The number of halogens is 1. The quantitative estimate of drug-likeness (QED) is 0.917. The monoisotopic (exact) mass is 290 g/mol. The van der Waals surface area contributed by atoms with Crippen molar-refractivity contribution in [2.24, 2.45) is 0 Å². The Morgan fingerprint density at radius 3 is 2.30 bits per heavy atom. The smallest absolute Gasteiger partial charge is 0.222 e. The number of nitrogens with one attached hydrogen (secondary N) is 1. The van der Waals surface area contributed by atoms with Crippen LogP contribution in [0, 0.1) is 20.8 Å². The van der Waals surface area contributed by atoms with Crippen LogP contribution in [0.25, 0.3) is 0 Å². The zero-order chi connectivity index (χ0) is 14.7. The molecule has 2 rings (SSSR count). The summed E-state index contributed by atoms with van der Waals surface area (Å²) >= 11 is 6.03. The van der Waals surface area contributed by atoms with Crippen LogP contribution < -0.4 is 10.1 Å². The number of benzene rings is 1. The van der Waals surface area contributed by atoms with E-state index in [1.165, 1.54) is 0 Å². The molecule has 0 bridgehead atoms. The van der Waals surface area contributed by atoms with E-state index < -0.39 is 0 Å². The third-order valence-corrected chi connectivity index (χ3v) is 3.31. The number of pyridine rings is 1. The lowest BCUT2D eigenvalue weighted by atomic mass is 10.1. The maximum absolute atomic E-state index is 6.03. The molecule has 0 aliphatic carbocycles. The average Bonchev–Trinajstić information content (AvgIpc) is 2.36. The van der Waals surface area contributed by atoms with Crippen molar-refractivity contribution in [3.63, 3.8) is 0 Å². The van der Waals surface area contributed by atoms with E-state index in [0.29, 0.717) is 5.88 Å². The number of ether oxygens (including phenoxy) is 1. The summed E-state index contributed by atoms with van der Waals surface area (Å²) < 4.78 is 5.97. The molecule has 0 radical (unpaired) electrons. The van der Waals surface area contributed by atoms with Gasteiger partial charge in [0.25, 0.3) is 0 Å². The molecule has 0 fully saturated rings. The lowest BCUT2D eigenvalue weighted by molar-refractivity contribution is 0.451. The SMILES string of the molecule is CNCc1cnc(Oc2c(C)cc(Cl)cc2C)c(C)c1. The van der Waals surface area contributed by atoms with Crippen molar-refractivity contribution < 1.29 is 4.74 Å². The molecule has 20 heavy (non-hydrogen) atoms. The fraction of sp³-hybridized carbons (Fsp3) is 0.312. The van der Waals surface area contributed by atoms with E-state index >= 15 is 0 Å². The fourth-order valence-corrected chi connectivity index (χ4v) is 2.51. The molecule has 4 heteroatoms. The van der Waals surface area contributed by atoms with Gasteiger partial charge in [-0.1, -0.05) is 11.6 Å². The standard InChI is InChI=1S/C16H19ClN2O/c1-10-6-14(17)7-11(2)15(10)20-16-12(3)5-13(8-18-4)9-19-16/h5-7,9,18H,8H2,1-4H3. The van der Waals surface area contributed by atoms with Gasteiger partial charge >= 0.3 is 0 Å². The maximum Gasteiger partial charge on any atom is 0.222 e. The number of hydrogen-bond donors (Lipinski definition) is 1. The Hall–Kier alpha value is -1.58. The molecule has 0 amide bonds. The van der Waals surface area contributed by atoms with E-state index in [2.05, 4.69) is 16.4 Å². The molecule has 0 aliphatic heterocycles. The zero-order valence-corrected chi connectivity index (χ0v) is 13.0. The second-order valence-corrected chi connectivity index (χ2v) is 5.40. The van der Waals surface area contributed by atoms with Crippen LogP contribution in [0.1, 0.15) is 22.3 Å². The van der Waals surface area contributed by atoms with E-state index in [-0.39, 0.29) is 0 Å². The summed E-state index contributed by atoms with van der Waals surface area (Å²) in [7, 11) is 1.92. The molecule has 0 saturated heterocycles. The molecule has 106 valence electrons. The van der Waals surface area contributed by atoms with E-state index in [0.717, 1.165) is 39.6 Å². The number of hydrogen-bond acceptors (Lipinski definition) is 3. The van der Waals surface area contributed by atoms with Gasteiger partial charge in [-0.15, -0.1) is 0 Å².